The summed E-state index contributed by atoms with van der Waals surface area (Å²) in [7, 11) is 0. The van der Waals surface area contributed by atoms with Crippen molar-refractivity contribution in [2.75, 3.05) is 13.2 Å². The van der Waals surface area contributed by atoms with E-state index in [-0.39, 0.29) is 5.91 Å². The van der Waals surface area contributed by atoms with Gasteiger partial charge in [0.05, 0.1) is 5.57 Å². The lowest BCUT2D eigenvalue weighted by Gasteiger charge is -2.19. The summed E-state index contributed by atoms with van der Waals surface area (Å²) >= 11 is 3.43. The van der Waals surface area contributed by atoms with E-state index >= 15 is 0 Å². The van der Waals surface area contributed by atoms with E-state index in [1.165, 1.54) is 0 Å². The third-order valence-corrected chi connectivity index (χ3v) is 4.18. The summed E-state index contributed by atoms with van der Waals surface area (Å²) in [5, 5.41) is 3.00. The zero-order valence-electron chi connectivity index (χ0n) is 11.9. The van der Waals surface area contributed by atoms with E-state index in [0.29, 0.717) is 18.1 Å². The first-order valence-electron chi connectivity index (χ1n) is 7.05. The number of halogens is 1. The van der Waals surface area contributed by atoms with Gasteiger partial charge in [0.15, 0.2) is 0 Å². The van der Waals surface area contributed by atoms with Crippen molar-refractivity contribution in [2.45, 2.75) is 26.7 Å². The molecule has 0 spiro atoms. The first-order chi connectivity index (χ1) is 9.63. The number of nitrogens with one attached hydrogen (secondary N) is 1. The number of hydrogen-bond donors (Lipinski definition) is 1. The van der Waals surface area contributed by atoms with E-state index in [1.54, 1.807) is 0 Å². The Kier molecular flexibility index (Phi) is 5.24. The fourth-order valence-electron chi connectivity index (χ4n) is 2.21. The molecule has 1 aromatic rings. The van der Waals surface area contributed by atoms with Crippen LogP contribution in [0.15, 0.2) is 28.2 Å². The molecule has 0 atom stereocenters. The molecule has 108 valence electrons. The van der Waals surface area contributed by atoms with E-state index in [0.717, 1.165) is 35.2 Å². The van der Waals surface area contributed by atoms with Crippen molar-refractivity contribution in [1.29, 1.82) is 0 Å². The molecular weight excluding hydrogens is 318 g/mol. The Morgan fingerprint density at radius 1 is 1.40 bits per heavy atom. The van der Waals surface area contributed by atoms with Crippen LogP contribution < -0.4 is 10.1 Å². The summed E-state index contributed by atoms with van der Waals surface area (Å²) in [6, 6.07) is 5.81. The van der Waals surface area contributed by atoms with E-state index in [2.05, 4.69) is 35.1 Å². The Bertz CT molecular complexity index is 521. The summed E-state index contributed by atoms with van der Waals surface area (Å²) in [6.45, 7) is 5.37. The summed E-state index contributed by atoms with van der Waals surface area (Å²) in [4.78, 5) is 12.2. The number of carbonyl (C=O) groups is 1. The first kappa shape index (κ1) is 15.1. The molecule has 0 fully saturated rings. The summed E-state index contributed by atoms with van der Waals surface area (Å²) in [5.74, 6) is 1.35. The normalized spacial score (nSPS) is 13.5. The van der Waals surface area contributed by atoms with Crippen LogP contribution in [0.1, 0.15) is 32.3 Å². The Morgan fingerprint density at radius 2 is 2.15 bits per heavy atom. The van der Waals surface area contributed by atoms with Gasteiger partial charge in [-0.25, -0.2) is 0 Å². The van der Waals surface area contributed by atoms with Crippen molar-refractivity contribution in [3.8, 4) is 5.75 Å². The van der Waals surface area contributed by atoms with Crippen molar-refractivity contribution < 1.29 is 9.53 Å². The minimum absolute atomic E-state index is 0.0254. The van der Waals surface area contributed by atoms with Crippen LogP contribution >= 0.6 is 15.9 Å². The topological polar surface area (TPSA) is 38.3 Å². The van der Waals surface area contributed by atoms with Crippen LogP contribution in [0.4, 0.5) is 0 Å². The molecule has 0 saturated carbocycles. The van der Waals surface area contributed by atoms with Crippen LogP contribution in [0, 0.1) is 5.92 Å². The van der Waals surface area contributed by atoms with Gasteiger partial charge in [-0.15, -0.1) is 0 Å². The third kappa shape index (κ3) is 3.63. The van der Waals surface area contributed by atoms with Gasteiger partial charge in [-0.2, -0.15) is 0 Å². The molecule has 4 heteroatoms. The minimum atomic E-state index is -0.0254. The van der Waals surface area contributed by atoms with Crippen LogP contribution in [-0.2, 0) is 4.79 Å². The quantitative estimate of drug-likeness (QED) is 0.887. The SMILES string of the molecule is CCC(CC)CNC(=O)C1=Cc2cc(Br)ccc2OC1. The number of amides is 1. The van der Waals surface area contributed by atoms with Gasteiger partial charge in [-0.3, -0.25) is 4.79 Å². The van der Waals surface area contributed by atoms with Gasteiger partial charge in [-0.05, 0) is 30.2 Å². The zero-order chi connectivity index (χ0) is 14.5. The van der Waals surface area contributed by atoms with E-state index in [1.807, 2.05) is 24.3 Å². The van der Waals surface area contributed by atoms with Crippen LogP contribution in [0.5, 0.6) is 5.75 Å². The summed E-state index contributed by atoms with van der Waals surface area (Å²) in [6.07, 6.45) is 4.08. The number of rotatable bonds is 5. The maximum atomic E-state index is 12.2. The van der Waals surface area contributed by atoms with Crippen molar-refractivity contribution in [1.82, 2.24) is 5.32 Å². The molecule has 0 aromatic heterocycles. The van der Waals surface area contributed by atoms with Gasteiger partial charge in [-0.1, -0.05) is 42.6 Å². The van der Waals surface area contributed by atoms with Gasteiger partial charge in [0.25, 0.3) is 5.91 Å². The summed E-state index contributed by atoms with van der Waals surface area (Å²) in [5.41, 5.74) is 1.62. The number of ether oxygens (including phenoxy) is 1. The molecule has 1 aliphatic rings. The molecule has 1 N–H and O–H groups in total. The molecule has 0 saturated heterocycles. The monoisotopic (exact) mass is 337 g/mol. The average molecular weight is 338 g/mol. The zero-order valence-corrected chi connectivity index (χ0v) is 13.5. The lowest BCUT2D eigenvalue weighted by Crippen LogP contribution is -2.32. The second-order valence-corrected chi connectivity index (χ2v) is 5.95. The Hall–Kier alpha value is -1.29. The van der Waals surface area contributed by atoms with Crippen LogP contribution in [0.3, 0.4) is 0 Å². The predicted octanol–water partition coefficient (Wildman–Crippen LogP) is 3.78. The molecule has 0 bridgehead atoms. The number of fused-ring (bicyclic) bond motifs is 1. The fourth-order valence-corrected chi connectivity index (χ4v) is 2.59. The molecule has 20 heavy (non-hydrogen) atoms. The second-order valence-electron chi connectivity index (χ2n) is 5.03. The smallest absolute Gasteiger partial charge is 0.250 e. The second kappa shape index (κ2) is 6.93. The molecule has 0 radical (unpaired) electrons. The van der Waals surface area contributed by atoms with Gasteiger partial charge >= 0.3 is 0 Å². The number of carbonyl (C=O) groups excluding carboxylic acids is 1. The molecule has 1 heterocycles. The van der Waals surface area contributed by atoms with Crippen molar-refractivity contribution in [2.24, 2.45) is 5.92 Å². The van der Waals surface area contributed by atoms with Crippen molar-refractivity contribution >= 4 is 27.9 Å². The van der Waals surface area contributed by atoms with E-state index < -0.39 is 0 Å². The molecule has 2 rings (SSSR count). The largest absolute Gasteiger partial charge is 0.488 e. The molecule has 1 amide bonds. The molecule has 0 unspecified atom stereocenters. The lowest BCUT2D eigenvalue weighted by molar-refractivity contribution is -0.118. The molecular formula is C16H20BrNO2. The van der Waals surface area contributed by atoms with Gasteiger partial charge in [0, 0.05) is 16.6 Å². The summed E-state index contributed by atoms with van der Waals surface area (Å²) < 4.78 is 6.60. The van der Waals surface area contributed by atoms with Crippen LogP contribution in [-0.4, -0.2) is 19.1 Å². The highest BCUT2D eigenvalue weighted by molar-refractivity contribution is 9.10. The highest BCUT2D eigenvalue weighted by atomic mass is 79.9. The minimum Gasteiger partial charge on any atom is -0.488 e. The molecule has 1 aromatic carbocycles. The standard InChI is InChI=1S/C16H20BrNO2/c1-3-11(4-2)9-18-16(19)13-7-12-8-14(17)5-6-15(12)20-10-13/h5-8,11H,3-4,9-10H2,1-2H3,(H,18,19). The fraction of sp³-hybridized carbons (Fsp3) is 0.438. The predicted molar refractivity (Wildman–Crippen MR) is 84.7 cm³/mol. The first-order valence-corrected chi connectivity index (χ1v) is 7.84. The van der Waals surface area contributed by atoms with Crippen molar-refractivity contribution in [3.63, 3.8) is 0 Å². The number of hydrogen-bond acceptors (Lipinski definition) is 2. The van der Waals surface area contributed by atoms with Crippen LogP contribution in [0.25, 0.3) is 6.08 Å². The molecule has 0 aliphatic carbocycles. The van der Waals surface area contributed by atoms with Crippen LogP contribution in [0.2, 0.25) is 0 Å². The average Bonchev–Trinajstić information content (AvgIpc) is 2.47. The maximum absolute atomic E-state index is 12.2. The van der Waals surface area contributed by atoms with Crippen molar-refractivity contribution in [3.05, 3.63) is 33.8 Å². The maximum Gasteiger partial charge on any atom is 0.250 e. The van der Waals surface area contributed by atoms with Gasteiger partial charge < -0.3 is 10.1 Å². The Labute approximate surface area is 128 Å². The van der Waals surface area contributed by atoms with Gasteiger partial charge in [0.1, 0.15) is 12.4 Å². The third-order valence-electron chi connectivity index (χ3n) is 3.68. The lowest BCUT2D eigenvalue weighted by atomic mass is 10.0. The highest BCUT2D eigenvalue weighted by Gasteiger charge is 2.17. The molecule has 1 aliphatic heterocycles. The Morgan fingerprint density at radius 3 is 2.85 bits per heavy atom. The van der Waals surface area contributed by atoms with E-state index in [4.69, 9.17) is 4.74 Å². The van der Waals surface area contributed by atoms with E-state index in [9.17, 15) is 4.79 Å². The number of benzene rings is 1. The molecule has 3 nitrogen and oxygen atoms in total. The van der Waals surface area contributed by atoms with Gasteiger partial charge in [0.2, 0.25) is 0 Å². The highest BCUT2D eigenvalue weighted by Crippen LogP contribution is 2.29. The Balaban J connectivity index is 2.04.